The van der Waals surface area contributed by atoms with Crippen LogP contribution in [0.2, 0.25) is 5.02 Å². The van der Waals surface area contributed by atoms with Crippen molar-refractivity contribution in [1.29, 1.82) is 0 Å². The first-order valence-corrected chi connectivity index (χ1v) is 9.35. The Labute approximate surface area is 169 Å². The zero-order chi connectivity index (χ0) is 20.9. The molecule has 1 N–H and O–H groups in total. The third-order valence-electron chi connectivity index (χ3n) is 4.12. The molecule has 156 valence electrons. The van der Waals surface area contributed by atoms with E-state index in [1.54, 1.807) is 25.7 Å². The molecular weight excluding hydrogens is 391 g/mol. The van der Waals surface area contributed by atoms with Crippen LogP contribution in [-0.4, -0.2) is 61.5 Å². The van der Waals surface area contributed by atoms with Crippen LogP contribution < -0.4 is 10.1 Å². The van der Waals surface area contributed by atoms with Crippen LogP contribution in [0.15, 0.2) is 18.2 Å². The molecule has 1 aromatic rings. The summed E-state index contributed by atoms with van der Waals surface area (Å²) in [4.78, 5) is 26.0. The average molecular weight is 417 g/mol. The third-order valence-corrected chi connectivity index (χ3v) is 4.43. The summed E-state index contributed by atoms with van der Waals surface area (Å²) in [6, 6.07) is 3.68. The van der Waals surface area contributed by atoms with Gasteiger partial charge in [0.05, 0.1) is 23.7 Å². The van der Waals surface area contributed by atoms with Gasteiger partial charge < -0.3 is 24.4 Å². The van der Waals surface area contributed by atoms with Gasteiger partial charge in [-0.3, -0.25) is 4.79 Å². The Morgan fingerprint density at radius 3 is 2.68 bits per heavy atom. The zero-order valence-corrected chi connectivity index (χ0v) is 17.2. The lowest BCUT2D eigenvalue weighted by molar-refractivity contribution is -0.125. The molecule has 2 rings (SSSR count). The van der Waals surface area contributed by atoms with Crippen LogP contribution in [0.25, 0.3) is 0 Å². The van der Waals surface area contributed by atoms with E-state index in [1.165, 1.54) is 19.2 Å². The van der Waals surface area contributed by atoms with E-state index in [1.807, 2.05) is 0 Å². The number of amides is 2. The SMILES string of the molecule is CO[C@H]1CN(C(=O)OC(C)(C)C)CC[C@H]1NC(=O)COc1ccc(Cl)c(F)c1. The van der Waals surface area contributed by atoms with Gasteiger partial charge in [-0.25, -0.2) is 9.18 Å². The molecule has 0 bridgehead atoms. The Kier molecular flexibility index (Phi) is 7.48. The Balaban J connectivity index is 1.85. The van der Waals surface area contributed by atoms with Gasteiger partial charge in [-0.1, -0.05) is 11.6 Å². The van der Waals surface area contributed by atoms with Crippen molar-refractivity contribution >= 4 is 23.6 Å². The number of methoxy groups -OCH3 is 1. The molecule has 0 unspecified atom stereocenters. The summed E-state index contributed by atoms with van der Waals surface area (Å²) < 4.78 is 29.5. The van der Waals surface area contributed by atoms with Crippen molar-refractivity contribution < 1.29 is 28.2 Å². The largest absolute Gasteiger partial charge is 0.484 e. The molecule has 1 aliphatic heterocycles. The van der Waals surface area contributed by atoms with Crippen molar-refractivity contribution in [2.75, 3.05) is 26.8 Å². The van der Waals surface area contributed by atoms with Crippen molar-refractivity contribution in [3.63, 3.8) is 0 Å². The van der Waals surface area contributed by atoms with Crippen LogP contribution in [0.5, 0.6) is 5.75 Å². The van der Waals surface area contributed by atoms with E-state index in [-0.39, 0.29) is 35.4 Å². The standard InChI is InChI=1S/C19H26ClFN2O5/c1-19(2,3)28-18(25)23-8-7-15(16(10-23)26-4)22-17(24)11-27-12-5-6-13(20)14(21)9-12/h5-6,9,15-16H,7-8,10-11H2,1-4H3,(H,22,24)/t15-,16+/m1/s1. The molecule has 0 spiro atoms. The number of benzene rings is 1. The fourth-order valence-electron chi connectivity index (χ4n) is 2.78. The minimum atomic E-state index is -0.617. The fourth-order valence-corrected chi connectivity index (χ4v) is 2.89. The maximum atomic E-state index is 13.4. The highest BCUT2D eigenvalue weighted by Gasteiger charge is 2.34. The molecule has 1 fully saturated rings. The second kappa shape index (κ2) is 9.43. The van der Waals surface area contributed by atoms with Crippen LogP contribution >= 0.6 is 11.6 Å². The summed E-state index contributed by atoms with van der Waals surface area (Å²) in [5, 5.41) is 2.82. The maximum absolute atomic E-state index is 13.4. The summed E-state index contributed by atoms with van der Waals surface area (Å²) in [6.07, 6.45) is -0.274. The second-order valence-electron chi connectivity index (χ2n) is 7.53. The van der Waals surface area contributed by atoms with E-state index in [0.29, 0.717) is 19.5 Å². The highest BCUT2D eigenvalue weighted by molar-refractivity contribution is 6.30. The van der Waals surface area contributed by atoms with Gasteiger partial charge in [0.1, 0.15) is 17.2 Å². The molecule has 9 heteroatoms. The highest BCUT2D eigenvalue weighted by atomic mass is 35.5. The van der Waals surface area contributed by atoms with Gasteiger partial charge >= 0.3 is 6.09 Å². The maximum Gasteiger partial charge on any atom is 0.410 e. The number of likely N-dealkylation sites (tertiary alicyclic amines) is 1. The van der Waals surface area contributed by atoms with Crippen molar-refractivity contribution in [3.05, 3.63) is 29.0 Å². The lowest BCUT2D eigenvalue weighted by atomic mass is 10.0. The Bertz CT molecular complexity index is 710. The van der Waals surface area contributed by atoms with E-state index in [0.717, 1.165) is 6.07 Å². The number of nitrogens with zero attached hydrogens (tertiary/aromatic N) is 1. The molecule has 7 nitrogen and oxygen atoms in total. The average Bonchev–Trinajstić information content (AvgIpc) is 2.61. The third kappa shape index (κ3) is 6.53. The number of hydrogen-bond acceptors (Lipinski definition) is 5. The lowest BCUT2D eigenvalue weighted by Crippen LogP contribution is -2.57. The minimum absolute atomic E-state index is 0.0171. The van der Waals surface area contributed by atoms with Gasteiger partial charge in [0.15, 0.2) is 6.61 Å². The lowest BCUT2D eigenvalue weighted by Gasteiger charge is -2.38. The number of rotatable bonds is 5. The fraction of sp³-hybridized carbons (Fsp3) is 0.579. The molecule has 1 aliphatic rings. The quantitative estimate of drug-likeness (QED) is 0.798. The predicted molar refractivity (Wildman–Crippen MR) is 102 cm³/mol. The summed E-state index contributed by atoms with van der Waals surface area (Å²) >= 11 is 5.61. The van der Waals surface area contributed by atoms with E-state index >= 15 is 0 Å². The van der Waals surface area contributed by atoms with Crippen LogP contribution in [0.3, 0.4) is 0 Å². The Morgan fingerprint density at radius 2 is 2.07 bits per heavy atom. The summed E-state index contributed by atoms with van der Waals surface area (Å²) in [6.45, 7) is 5.88. The number of carbonyl (C=O) groups is 2. The van der Waals surface area contributed by atoms with Crippen LogP contribution in [0.1, 0.15) is 27.2 Å². The van der Waals surface area contributed by atoms with Crippen molar-refractivity contribution in [2.24, 2.45) is 0 Å². The first kappa shape index (κ1) is 22.2. The molecule has 2 amide bonds. The molecule has 1 heterocycles. The molecule has 1 saturated heterocycles. The van der Waals surface area contributed by atoms with E-state index < -0.39 is 17.5 Å². The Morgan fingerprint density at radius 1 is 1.36 bits per heavy atom. The molecule has 0 radical (unpaired) electrons. The van der Waals surface area contributed by atoms with Gasteiger partial charge in [-0.15, -0.1) is 0 Å². The number of hydrogen-bond donors (Lipinski definition) is 1. The molecule has 28 heavy (non-hydrogen) atoms. The monoisotopic (exact) mass is 416 g/mol. The van der Waals surface area contributed by atoms with Crippen LogP contribution in [0, 0.1) is 5.82 Å². The predicted octanol–water partition coefficient (Wildman–Crippen LogP) is 3.00. The number of halogens is 2. The molecule has 2 atom stereocenters. The molecule has 1 aromatic carbocycles. The van der Waals surface area contributed by atoms with Crippen LogP contribution in [-0.2, 0) is 14.3 Å². The minimum Gasteiger partial charge on any atom is -0.484 e. The van der Waals surface area contributed by atoms with Crippen LogP contribution in [0.4, 0.5) is 9.18 Å². The number of piperidine rings is 1. The summed E-state index contributed by atoms with van der Waals surface area (Å²) in [5.41, 5.74) is -0.580. The van der Waals surface area contributed by atoms with Crippen molar-refractivity contribution in [3.8, 4) is 5.75 Å². The molecule has 0 saturated carbocycles. The van der Waals surface area contributed by atoms with E-state index in [2.05, 4.69) is 5.32 Å². The molecule has 0 aromatic heterocycles. The zero-order valence-electron chi connectivity index (χ0n) is 16.5. The first-order valence-electron chi connectivity index (χ1n) is 8.97. The van der Waals surface area contributed by atoms with Gasteiger partial charge in [-0.05, 0) is 39.3 Å². The van der Waals surface area contributed by atoms with Gasteiger partial charge in [-0.2, -0.15) is 0 Å². The second-order valence-corrected chi connectivity index (χ2v) is 7.93. The van der Waals surface area contributed by atoms with Crippen molar-refractivity contribution in [1.82, 2.24) is 10.2 Å². The van der Waals surface area contributed by atoms with Gasteiger partial charge in [0.25, 0.3) is 5.91 Å². The van der Waals surface area contributed by atoms with Crippen molar-refractivity contribution in [2.45, 2.75) is 44.9 Å². The normalized spacial score (nSPS) is 19.9. The van der Waals surface area contributed by atoms with E-state index in [4.69, 9.17) is 25.8 Å². The number of nitrogens with one attached hydrogen (secondary N) is 1. The van der Waals surface area contributed by atoms with E-state index in [9.17, 15) is 14.0 Å². The smallest absolute Gasteiger partial charge is 0.410 e. The summed E-state index contributed by atoms with van der Waals surface area (Å²) in [5.74, 6) is -0.776. The topological polar surface area (TPSA) is 77.1 Å². The van der Waals surface area contributed by atoms with Gasteiger partial charge in [0, 0.05) is 19.7 Å². The molecule has 0 aliphatic carbocycles. The number of ether oxygens (including phenoxy) is 3. The number of carbonyl (C=O) groups excluding carboxylic acids is 2. The Hall–Kier alpha value is -2.06. The summed E-state index contributed by atoms with van der Waals surface area (Å²) in [7, 11) is 1.52. The highest BCUT2D eigenvalue weighted by Crippen LogP contribution is 2.21. The van der Waals surface area contributed by atoms with Gasteiger partial charge in [0.2, 0.25) is 0 Å². The first-order chi connectivity index (χ1) is 13.1. The molecular formula is C19H26ClFN2O5.